The smallest absolute Gasteiger partial charge is 0.257 e. The minimum atomic E-state index is -0.509. The monoisotopic (exact) mass is 280 g/mol. The fraction of sp³-hybridized carbons (Fsp3) is 0.533. The van der Waals surface area contributed by atoms with Crippen molar-refractivity contribution in [2.45, 2.75) is 26.3 Å². The van der Waals surface area contributed by atoms with Gasteiger partial charge in [0.05, 0.1) is 5.56 Å². The lowest BCUT2D eigenvalue weighted by Crippen LogP contribution is -2.38. The van der Waals surface area contributed by atoms with Crippen LogP contribution in [0.5, 0.6) is 5.75 Å². The zero-order chi connectivity index (χ0) is 14.7. The lowest BCUT2D eigenvalue weighted by atomic mass is 10.1. The molecule has 1 heterocycles. The van der Waals surface area contributed by atoms with Crippen LogP contribution in [0.3, 0.4) is 0 Å². The summed E-state index contributed by atoms with van der Waals surface area (Å²) in [6, 6.07) is 3.82. The lowest BCUT2D eigenvalue weighted by Gasteiger charge is -2.26. The third-order valence-corrected chi connectivity index (χ3v) is 3.97. The van der Waals surface area contributed by atoms with Crippen molar-refractivity contribution in [1.29, 1.82) is 0 Å². The summed E-state index contributed by atoms with van der Waals surface area (Å²) in [6.45, 7) is 7.40. The van der Waals surface area contributed by atoms with Crippen LogP contribution in [0.25, 0.3) is 0 Å². The van der Waals surface area contributed by atoms with Gasteiger partial charge >= 0.3 is 0 Å². The van der Waals surface area contributed by atoms with Gasteiger partial charge in [-0.3, -0.25) is 9.69 Å². The van der Waals surface area contributed by atoms with Crippen LogP contribution >= 0.6 is 0 Å². The fourth-order valence-electron chi connectivity index (χ4n) is 2.81. The summed E-state index contributed by atoms with van der Waals surface area (Å²) in [5, 5.41) is 9.71. The van der Waals surface area contributed by atoms with E-state index in [0.29, 0.717) is 19.1 Å². The molecule has 1 aliphatic heterocycles. The van der Waals surface area contributed by atoms with E-state index in [9.17, 15) is 14.3 Å². The molecule has 1 N–H and O–H groups in total. The first-order chi connectivity index (χ1) is 9.56. The second-order valence-corrected chi connectivity index (χ2v) is 5.08. The lowest BCUT2D eigenvalue weighted by molar-refractivity contribution is 0.0774. The van der Waals surface area contributed by atoms with Crippen molar-refractivity contribution in [3.05, 3.63) is 29.6 Å². The van der Waals surface area contributed by atoms with E-state index in [1.807, 2.05) is 0 Å². The highest BCUT2D eigenvalue weighted by atomic mass is 19.1. The molecule has 5 heteroatoms. The molecule has 1 fully saturated rings. The number of likely N-dealkylation sites (N-methyl/N-ethyl adjacent to an activating group) is 1. The molecule has 1 saturated heterocycles. The molecule has 0 radical (unpaired) electrons. The maximum Gasteiger partial charge on any atom is 0.257 e. The molecule has 110 valence electrons. The van der Waals surface area contributed by atoms with Gasteiger partial charge in [0.15, 0.2) is 0 Å². The van der Waals surface area contributed by atoms with Crippen LogP contribution in [0.1, 0.15) is 30.6 Å². The Balaban J connectivity index is 2.10. The number of likely N-dealkylation sites (tertiary alicyclic amines) is 1. The standard InChI is InChI=1S/C15H21FN2O2/c1-3-17(4-2)12-7-8-18(10-12)15(20)13-9-11(16)5-6-14(13)19/h5-6,9,12,19H,3-4,7-8,10H2,1-2H3. The zero-order valence-electron chi connectivity index (χ0n) is 12.0. The normalized spacial score (nSPS) is 18.8. The number of rotatable bonds is 4. The molecule has 20 heavy (non-hydrogen) atoms. The number of nitrogens with zero attached hydrogens (tertiary/aromatic N) is 2. The summed E-state index contributed by atoms with van der Waals surface area (Å²) in [5.41, 5.74) is 0.0465. The highest BCUT2D eigenvalue weighted by molar-refractivity contribution is 5.97. The average Bonchev–Trinajstić information content (AvgIpc) is 2.92. The van der Waals surface area contributed by atoms with Crippen LogP contribution < -0.4 is 0 Å². The highest BCUT2D eigenvalue weighted by Crippen LogP contribution is 2.23. The van der Waals surface area contributed by atoms with Crippen LogP contribution in [0.2, 0.25) is 0 Å². The molecule has 1 aliphatic rings. The molecule has 0 spiro atoms. The van der Waals surface area contributed by atoms with Crippen LogP contribution in [-0.4, -0.2) is 53.0 Å². The number of hydrogen-bond acceptors (Lipinski definition) is 3. The maximum absolute atomic E-state index is 13.2. The van der Waals surface area contributed by atoms with Gasteiger partial charge in [0.25, 0.3) is 5.91 Å². The molecule has 1 aromatic rings. The second-order valence-electron chi connectivity index (χ2n) is 5.08. The predicted molar refractivity (Wildman–Crippen MR) is 75.3 cm³/mol. The van der Waals surface area contributed by atoms with Gasteiger partial charge in [0.1, 0.15) is 11.6 Å². The molecule has 1 unspecified atom stereocenters. The maximum atomic E-state index is 13.2. The first-order valence-corrected chi connectivity index (χ1v) is 7.08. The first kappa shape index (κ1) is 14.8. The summed E-state index contributed by atoms with van der Waals surface area (Å²) >= 11 is 0. The molecule has 1 atom stereocenters. The van der Waals surface area contributed by atoms with E-state index < -0.39 is 5.82 Å². The van der Waals surface area contributed by atoms with Gasteiger partial charge in [0, 0.05) is 19.1 Å². The van der Waals surface area contributed by atoms with E-state index >= 15 is 0 Å². The number of benzene rings is 1. The molecule has 4 nitrogen and oxygen atoms in total. The number of aromatic hydroxyl groups is 1. The Bertz CT molecular complexity index is 489. The largest absolute Gasteiger partial charge is 0.507 e. The fourth-order valence-corrected chi connectivity index (χ4v) is 2.81. The summed E-state index contributed by atoms with van der Waals surface area (Å²) in [4.78, 5) is 16.4. The van der Waals surface area contributed by atoms with E-state index in [-0.39, 0.29) is 17.2 Å². The minimum absolute atomic E-state index is 0.0465. The van der Waals surface area contributed by atoms with Crippen molar-refractivity contribution in [3.8, 4) is 5.75 Å². The van der Waals surface area contributed by atoms with Crippen LogP contribution in [0.4, 0.5) is 4.39 Å². The minimum Gasteiger partial charge on any atom is -0.507 e. The van der Waals surface area contributed by atoms with Crippen LogP contribution in [0.15, 0.2) is 18.2 Å². The van der Waals surface area contributed by atoms with Crippen molar-refractivity contribution in [1.82, 2.24) is 9.80 Å². The third-order valence-electron chi connectivity index (χ3n) is 3.97. The second kappa shape index (κ2) is 6.22. The number of halogens is 1. The molecule has 0 aromatic heterocycles. The Labute approximate surface area is 118 Å². The SMILES string of the molecule is CCN(CC)C1CCN(C(=O)c2cc(F)ccc2O)C1. The Morgan fingerprint density at radius 3 is 2.80 bits per heavy atom. The van der Waals surface area contributed by atoms with Crippen molar-refractivity contribution >= 4 is 5.91 Å². The molecule has 0 bridgehead atoms. The van der Waals surface area contributed by atoms with Gasteiger partial charge in [0.2, 0.25) is 0 Å². The van der Waals surface area contributed by atoms with Gasteiger partial charge < -0.3 is 10.0 Å². The van der Waals surface area contributed by atoms with Gasteiger partial charge in [-0.25, -0.2) is 4.39 Å². The number of phenols is 1. The zero-order valence-corrected chi connectivity index (χ0v) is 12.0. The molecule has 1 aromatic carbocycles. The molecule has 1 amide bonds. The van der Waals surface area contributed by atoms with Gasteiger partial charge in [-0.15, -0.1) is 0 Å². The molecular formula is C15H21FN2O2. The molecular weight excluding hydrogens is 259 g/mol. The number of carbonyl (C=O) groups is 1. The Morgan fingerprint density at radius 1 is 1.45 bits per heavy atom. The van der Waals surface area contributed by atoms with Gasteiger partial charge in [-0.05, 0) is 37.7 Å². The quantitative estimate of drug-likeness (QED) is 0.918. The molecule has 0 aliphatic carbocycles. The van der Waals surface area contributed by atoms with Crippen LogP contribution in [-0.2, 0) is 0 Å². The highest BCUT2D eigenvalue weighted by Gasteiger charge is 2.30. The Kier molecular flexibility index (Phi) is 4.60. The van der Waals surface area contributed by atoms with Gasteiger partial charge in [-0.2, -0.15) is 0 Å². The topological polar surface area (TPSA) is 43.8 Å². The number of hydrogen-bond donors (Lipinski definition) is 1. The molecule has 0 saturated carbocycles. The van der Waals surface area contributed by atoms with Crippen molar-refractivity contribution < 1.29 is 14.3 Å². The number of amides is 1. The van der Waals surface area contributed by atoms with E-state index in [1.165, 1.54) is 6.07 Å². The van der Waals surface area contributed by atoms with Crippen molar-refractivity contribution in [2.24, 2.45) is 0 Å². The van der Waals surface area contributed by atoms with Crippen molar-refractivity contribution in [3.63, 3.8) is 0 Å². The summed E-state index contributed by atoms with van der Waals surface area (Å²) in [7, 11) is 0. The van der Waals surface area contributed by atoms with E-state index in [2.05, 4.69) is 18.7 Å². The summed E-state index contributed by atoms with van der Waals surface area (Å²) in [5.74, 6) is -0.968. The van der Waals surface area contributed by atoms with Crippen LogP contribution in [0, 0.1) is 5.82 Å². The molecule has 2 rings (SSSR count). The average molecular weight is 280 g/mol. The Morgan fingerprint density at radius 2 is 2.15 bits per heavy atom. The number of phenolic OH excluding ortho intramolecular Hbond substituents is 1. The first-order valence-electron chi connectivity index (χ1n) is 7.08. The Hall–Kier alpha value is -1.62. The summed E-state index contributed by atoms with van der Waals surface area (Å²) in [6.07, 6.45) is 0.920. The van der Waals surface area contributed by atoms with Crippen molar-refractivity contribution in [2.75, 3.05) is 26.2 Å². The summed E-state index contributed by atoms with van der Waals surface area (Å²) < 4.78 is 13.2. The third kappa shape index (κ3) is 2.93. The van der Waals surface area contributed by atoms with Gasteiger partial charge in [-0.1, -0.05) is 13.8 Å². The number of carbonyl (C=O) groups excluding carboxylic acids is 1. The predicted octanol–water partition coefficient (Wildman–Crippen LogP) is 2.09. The van der Waals surface area contributed by atoms with E-state index in [4.69, 9.17) is 0 Å². The van der Waals surface area contributed by atoms with E-state index in [1.54, 1.807) is 4.90 Å². The van der Waals surface area contributed by atoms with E-state index in [0.717, 1.165) is 31.6 Å².